The summed E-state index contributed by atoms with van der Waals surface area (Å²) in [5.41, 5.74) is 1.94. The minimum absolute atomic E-state index is 0.0295. The first kappa shape index (κ1) is 41.7. The standard InChI is InChI=1S/C31H33N5O9.C2HF3O2/c1-3-15-36(17-19-7-12-23-22(16-19)29(41)33-18(2)32-23)21-10-8-20(9-11-21)28(40)35-25(31(44)45)13-14-26(37)34-24(30(42)43)5-4-6-27(38)39;3-2(4,5)1(6)7/h1,7-12,16,24-25H,4-6,13-15,17H2,2H3,(H,34,37)(H,35,40)(H,38,39)(H,42,43)(H,44,45)(H,32,33,41);(H,6,7)/t24-,25+;/m1./s1. The number of nitrogens with zero attached hydrogens (tertiary/aromatic N) is 2. The van der Waals surface area contributed by atoms with E-state index < -0.39 is 60.4 Å². The summed E-state index contributed by atoms with van der Waals surface area (Å²) in [6, 6.07) is 8.84. The number of alkyl halides is 3. The van der Waals surface area contributed by atoms with Crippen LogP contribution >= 0.6 is 0 Å². The SMILES string of the molecule is C#CCN(Cc1ccc2nc(C)[nH]c(=O)c2c1)c1ccc(C(=O)N[C@@H](CCC(=O)N[C@H](CCCC(=O)O)C(=O)O)C(=O)O)cc1.O=C(O)C(F)(F)F. The number of carboxylic acid groups (broad SMARTS) is 4. The fourth-order valence-electron chi connectivity index (χ4n) is 4.55. The van der Waals surface area contributed by atoms with Crippen molar-refractivity contribution >= 4 is 52.3 Å². The smallest absolute Gasteiger partial charge is 0.481 e. The number of carbonyl (C=O) groups excluding carboxylic acids is 2. The number of nitrogens with one attached hydrogen (secondary N) is 3. The van der Waals surface area contributed by atoms with E-state index in [1.54, 1.807) is 31.2 Å². The van der Waals surface area contributed by atoms with Gasteiger partial charge in [0, 0.05) is 30.6 Å². The number of aliphatic carboxylic acids is 4. The molecule has 0 aliphatic heterocycles. The van der Waals surface area contributed by atoms with Gasteiger partial charge >= 0.3 is 30.1 Å². The lowest BCUT2D eigenvalue weighted by atomic mass is 10.1. The topological polar surface area (TPSA) is 256 Å². The highest BCUT2D eigenvalue weighted by molar-refractivity contribution is 5.97. The summed E-state index contributed by atoms with van der Waals surface area (Å²) in [6.45, 7) is 2.27. The molecule has 0 spiro atoms. The second kappa shape index (κ2) is 19.1. The predicted octanol–water partition coefficient (Wildman–Crippen LogP) is 2.29. The quantitative estimate of drug-likeness (QED) is 0.104. The summed E-state index contributed by atoms with van der Waals surface area (Å²) in [5.74, 6) is -4.95. The summed E-state index contributed by atoms with van der Waals surface area (Å²) >= 11 is 0. The Kier molecular flexibility index (Phi) is 15.3. The molecule has 3 rings (SSSR count). The molecule has 2 amide bonds. The fraction of sp³-hybridized carbons (Fsp3) is 0.333. The van der Waals surface area contributed by atoms with E-state index in [2.05, 4.69) is 26.5 Å². The molecule has 0 radical (unpaired) electrons. The van der Waals surface area contributed by atoms with Gasteiger partial charge in [0.2, 0.25) is 5.91 Å². The van der Waals surface area contributed by atoms with Crippen LogP contribution in [-0.2, 0) is 30.5 Å². The van der Waals surface area contributed by atoms with Gasteiger partial charge < -0.3 is 40.9 Å². The second-order valence-electron chi connectivity index (χ2n) is 11.1. The zero-order chi connectivity index (χ0) is 39.2. The summed E-state index contributed by atoms with van der Waals surface area (Å²) in [6.07, 6.45) is -0.553. The van der Waals surface area contributed by atoms with Crippen LogP contribution in [0.2, 0.25) is 0 Å². The Bertz CT molecular complexity index is 1890. The van der Waals surface area contributed by atoms with Crippen LogP contribution in [0, 0.1) is 19.3 Å². The van der Waals surface area contributed by atoms with Crippen LogP contribution < -0.4 is 21.1 Å². The maximum Gasteiger partial charge on any atom is 0.490 e. The number of aromatic amines is 1. The van der Waals surface area contributed by atoms with Crippen molar-refractivity contribution in [2.45, 2.75) is 63.8 Å². The van der Waals surface area contributed by atoms with Crippen LogP contribution in [0.5, 0.6) is 0 Å². The molecular weight excluding hydrogens is 699 g/mol. The molecule has 19 heteroatoms. The average molecular weight is 734 g/mol. The molecule has 3 aromatic rings. The molecule has 1 heterocycles. The van der Waals surface area contributed by atoms with Crippen molar-refractivity contribution in [1.29, 1.82) is 0 Å². The van der Waals surface area contributed by atoms with E-state index in [9.17, 15) is 52.2 Å². The molecule has 2 atom stereocenters. The van der Waals surface area contributed by atoms with Gasteiger partial charge in [0.1, 0.15) is 17.9 Å². The maximum atomic E-state index is 12.8. The number of H-pyrrole nitrogens is 1. The summed E-state index contributed by atoms with van der Waals surface area (Å²) in [5, 5.41) is 39.7. The molecule has 0 saturated heterocycles. The Morgan fingerprint density at radius 2 is 1.52 bits per heavy atom. The first-order chi connectivity index (χ1) is 24.3. The molecule has 0 aliphatic carbocycles. The molecule has 2 aromatic carbocycles. The van der Waals surface area contributed by atoms with E-state index in [4.69, 9.17) is 21.4 Å². The Morgan fingerprint density at radius 3 is 2.06 bits per heavy atom. The van der Waals surface area contributed by atoms with Gasteiger partial charge in [-0.3, -0.25) is 19.2 Å². The van der Waals surface area contributed by atoms with Crippen molar-refractivity contribution in [1.82, 2.24) is 20.6 Å². The lowest BCUT2D eigenvalue weighted by Crippen LogP contribution is -2.44. The van der Waals surface area contributed by atoms with E-state index in [0.29, 0.717) is 29.0 Å². The molecule has 0 bridgehead atoms. The zero-order valence-electron chi connectivity index (χ0n) is 27.4. The lowest BCUT2D eigenvalue weighted by molar-refractivity contribution is -0.192. The molecule has 0 aliphatic rings. The number of halogens is 3. The lowest BCUT2D eigenvalue weighted by Gasteiger charge is -2.23. The van der Waals surface area contributed by atoms with Gasteiger partial charge in [0.05, 0.1) is 17.4 Å². The maximum absolute atomic E-state index is 12.8. The summed E-state index contributed by atoms with van der Waals surface area (Å²) < 4.78 is 31.7. The number of anilines is 1. The van der Waals surface area contributed by atoms with Crippen molar-refractivity contribution < 1.29 is 62.4 Å². The van der Waals surface area contributed by atoms with Gasteiger partial charge in [-0.2, -0.15) is 13.2 Å². The minimum Gasteiger partial charge on any atom is -0.481 e. The van der Waals surface area contributed by atoms with Crippen LogP contribution in [0.3, 0.4) is 0 Å². The molecule has 16 nitrogen and oxygen atoms in total. The highest BCUT2D eigenvalue weighted by atomic mass is 19.4. The van der Waals surface area contributed by atoms with E-state index in [1.165, 1.54) is 12.1 Å². The number of amides is 2. The van der Waals surface area contributed by atoms with E-state index in [0.717, 1.165) is 5.56 Å². The van der Waals surface area contributed by atoms with Gasteiger partial charge in [-0.15, -0.1) is 6.42 Å². The molecule has 0 unspecified atom stereocenters. The Labute approximate surface area is 292 Å². The zero-order valence-corrected chi connectivity index (χ0v) is 27.4. The number of fused-ring (bicyclic) bond motifs is 1. The average Bonchev–Trinajstić information content (AvgIpc) is 3.05. The van der Waals surface area contributed by atoms with Crippen molar-refractivity contribution in [2.24, 2.45) is 0 Å². The molecular formula is C33H34F3N5O11. The van der Waals surface area contributed by atoms with E-state index in [-0.39, 0.29) is 43.4 Å². The Hall–Kier alpha value is -6.45. The van der Waals surface area contributed by atoms with Crippen molar-refractivity contribution in [3.63, 3.8) is 0 Å². The van der Waals surface area contributed by atoms with E-state index in [1.807, 2.05) is 11.0 Å². The highest BCUT2D eigenvalue weighted by Crippen LogP contribution is 2.20. The minimum atomic E-state index is -5.08. The Morgan fingerprint density at radius 1 is 0.923 bits per heavy atom. The predicted molar refractivity (Wildman–Crippen MR) is 176 cm³/mol. The van der Waals surface area contributed by atoms with Crippen molar-refractivity contribution in [3.8, 4) is 12.3 Å². The molecule has 0 fully saturated rings. The normalized spacial score (nSPS) is 11.9. The van der Waals surface area contributed by atoms with Crippen LogP contribution in [-0.4, -0.2) is 90.9 Å². The van der Waals surface area contributed by atoms with Crippen LogP contribution in [0.15, 0.2) is 47.3 Å². The third-order valence-corrected chi connectivity index (χ3v) is 7.06. The second-order valence-corrected chi connectivity index (χ2v) is 11.1. The Balaban J connectivity index is 0.00000121. The molecule has 0 saturated carbocycles. The number of aromatic nitrogens is 2. The largest absolute Gasteiger partial charge is 0.490 e. The number of benzene rings is 2. The molecule has 7 N–H and O–H groups in total. The number of aryl methyl sites for hydroxylation is 1. The first-order valence-corrected chi connectivity index (χ1v) is 15.2. The van der Waals surface area contributed by atoms with E-state index >= 15 is 0 Å². The third-order valence-electron chi connectivity index (χ3n) is 7.06. The number of terminal acetylenes is 1. The van der Waals surface area contributed by atoms with Gasteiger partial charge in [-0.1, -0.05) is 12.0 Å². The van der Waals surface area contributed by atoms with Gasteiger partial charge in [0.25, 0.3) is 11.5 Å². The van der Waals surface area contributed by atoms with Crippen molar-refractivity contribution in [2.75, 3.05) is 11.4 Å². The number of carbonyl (C=O) groups is 6. The van der Waals surface area contributed by atoms with Gasteiger partial charge in [0.15, 0.2) is 0 Å². The highest BCUT2D eigenvalue weighted by Gasteiger charge is 2.38. The molecule has 278 valence electrons. The number of carboxylic acids is 4. The molecule has 52 heavy (non-hydrogen) atoms. The number of hydrogen-bond acceptors (Lipinski definition) is 9. The molecule has 1 aromatic heterocycles. The fourth-order valence-corrected chi connectivity index (χ4v) is 4.55. The van der Waals surface area contributed by atoms with Gasteiger partial charge in [-0.05, 0) is 68.1 Å². The van der Waals surface area contributed by atoms with Gasteiger partial charge in [-0.25, -0.2) is 19.4 Å². The number of rotatable bonds is 16. The van der Waals surface area contributed by atoms with Crippen LogP contribution in [0.25, 0.3) is 10.9 Å². The number of hydrogen-bond donors (Lipinski definition) is 7. The first-order valence-electron chi connectivity index (χ1n) is 15.2. The van der Waals surface area contributed by atoms with Crippen LogP contribution in [0.1, 0.15) is 53.8 Å². The van der Waals surface area contributed by atoms with Crippen LogP contribution in [0.4, 0.5) is 18.9 Å². The third kappa shape index (κ3) is 13.5. The van der Waals surface area contributed by atoms with Crippen molar-refractivity contribution in [3.05, 3.63) is 69.8 Å². The summed E-state index contributed by atoms with van der Waals surface area (Å²) in [7, 11) is 0. The summed E-state index contributed by atoms with van der Waals surface area (Å²) in [4.78, 5) is 89.1. The monoisotopic (exact) mass is 733 g/mol.